The minimum atomic E-state index is -0.275. The lowest BCUT2D eigenvalue weighted by Gasteiger charge is -2.38. The maximum absolute atomic E-state index is 6.52. The summed E-state index contributed by atoms with van der Waals surface area (Å²) in [6.45, 7) is 2.72. The Balaban J connectivity index is 2.29. The van der Waals surface area contributed by atoms with Crippen molar-refractivity contribution in [3.8, 4) is 0 Å². The van der Waals surface area contributed by atoms with Gasteiger partial charge in [-0.15, -0.1) is 0 Å². The van der Waals surface area contributed by atoms with Gasteiger partial charge in [0, 0.05) is 18.4 Å². The van der Waals surface area contributed by atoms with Crippen LogP contribution in [0.3, 0.4) is 0 Å². The molecule has 0 aliphatic heterocycles. The Morgan fingerprint density at radius 3 is 2.58 bits per heavy atom. The first-order valence-electron chi connectivity index (χ1n) is 7.29. The van der Waals surface area contributed by atoms with Crippen LogP contribution in [0.1, 0.15) is 57.1 Å². The van der Waals surface area contributed by atoms with Gasteiger partial charge in [-0.1, -0.05) is 31.7 Å². The third-order valence-corrected chi connectivity index (χ3v) is 4.15. The van der Waals surface area contributed by atoms with E-state index in [0.717, 1.165) is 18.4 Å². The molecule has 1 aliphatic carbocycles. The summed E-state index contributed by atoms with van der Waals surface area (Å²) in [6, 6.07) is 3.67. The maximum Gasteiger partial charge on any atom is 0.128 e. The summed E-state index contributed by atoms with van der Waals surface area (Å²) in [5, 5.41) is 0. The molecule has 1 heterocycles. The summed E-state index contributed by atoms with van der Waals surface area (Å²) < 4.78 is 6.11. The summed E-state index contributed by atoms with van der Waals surface area (Å²) in [5.74, 6) is 0.526. The number of hydrogen-bond acceptors (Lipinski definition) is 4. The zero-order valence-electron chi connectivity index (χ0n) is 11.8. The van der Waals surface area contributed by atoms with Crippen LogP contribution in [0.25, 0.3) is 0 Å². The van der Waals surface area contributed by atoms with Gasteiger partial charge in [-0.2, -0.15) is 0 Å². The fourth-order valence-electron chi connectivity index (χ4n) is 3.14. The van der Waals surface area contributed by atoms with Gasteiger partial charge in [-0.3, -0.25) is 0 Å². The molecule has 2 rings (SSSR count). The van der Waals surface area contributed by atoms with E-state index in [2.05, 4.69) is 4.98 Å². The van der Waals surface area contributed by atoms with Crippen LogP contribution in [0.2, 0.25) is 0 Å². The molecule has 1 aliphatic rings. The van der Waals surface area contributed by atoms with Crippen molar-refractivity contribution in [1.29, 1.82) is 0 Å². The molecule has 0 aromatic carbocycles. The van der Waals surface area contributed by atoms with Gasteiger partial charge in [0.25, 0.3) is 0 Å². The number of ether oxygens (including phenoxy) is 1. The lowest BCUT2D eigenvalue weighted by atomic mass is 9.83. The van der Waals surface area contributed by atoms with Crippen molar-refractivity contribution in [1.82, 2.24) is 4.98 Å². The second kappa shape index (κ2) is 6.35. The number of pyridine rings is 1. The van der Waals surface area contributed by atoms with E-state index in [-0.39, 0.29) is 11.6 Å². The van der Waals surface area contributed by atoms with Gasteiger partial charge in [-0.25, -0.2) is 4.98 Å². The smallest absolute Gasteiger partial charge is 0.128 e. The summed E-state index contributed by atoms with van der Waals surface area (Å²) in [5.41, 5.74) is 13.1. The number of anilines is 1. The molecule has 1 fully saturated rings. The molecule has 0 amide bonds. The van der Waals surface area contributed by atoms with Gasteiger partial charge >= 0.3 is 0 Å². The summed E-state index contributed by atoms with van der Waals surface area (Å²) in [4.78, 5) is 4.15. The van der Waals surface area contributed by atoms with Crippen molar-refractivity contribution in [2.45, 2.75) is 57.1 Å². The minimum absolute atomic E-state index is 0.195. The van der Waals surface area contributed by atoms with E-state index >= 15 is 0 Å². The molecule has 1 aromatic heterocycles. The lowest BCUT2D eigenvalue weighted by molar-refractivity contribution is -0.0695. The van der Waals surface area contributed by atoms with E-state index in [0.29, 0.717) is 12.4 Å². The van der Waals surface area contributed by atoms with Gasteiger partial charge in [-0.05, 0) is 25.8 Å². The lowest BCUT2D eigenvalue weighted by Crippen LogP contribution is -2.44. The highest BCUT2D eigenvalue weighted by atomic mass is 16.5. The van der Waals surface area contributed by atoms with Crippen LogP contribution in [-0.2, 0) is 4.74 Å². The number of nitrogens with two attached hydrogens (primary N) is 2. The Hall–Kier alpha value is -1.13. The SMILES string of the molecule is CCOC1(C(N)c2cccnc2N)CCCCCC1. The molecule has 19 heavy (non-hydrogen) atoms. The Kier molecular flexibility index (Phi) is 4.77. The van der Waals surface area contributed by atoms with Gasteiger partial charge in [0.05, 0.1) is 11.6 Å². The first kappa shape index (κ1) is 14.3. The third kappa shape index (κ3) is 3.07. The molecule has 1 saturated carbocycles. The van der Waals surface area contributed by atoms with E-state index < -0.39 is 0 Å². The second-order valence-electron chi connectivity index (χ2n) is 5.37. The summed E-state index contributed by atoms with van der Waals surface area (Å²) in [6.07, 6.45) is 8.61. The van der Waals surface area contributed by atoms with Crippen molar-refractivity contribution in [3.05, 3.63) is 23.9 Å². The number of aromatic nitrogens is 1. The molecule has 1 atom stereocenters. The molecule has 4 heteroatoms. The zero-order valence-corrected chi connectivity index (χ0v) is 11.8. The molecule has 1 unspecified atom stereocenters. The number of nitrogen functional groups attached to an aromatic ring is 1. The topological polar surface area (TPSA) is 74.2 Å². The Labute approximate surface area is 115 Å². The van der Waals surface area contributed by atoms with Gasteiger partial charge in [0.1, 0.15) is 5.82 Å². The largest absolute Gasteiger partial charge is 0.383 e. The van der Waals surface area contributed by atoms with E-state index in [4.69, 9.17) is 16.2 Å². The monoisotopic (exact) mass is 263 g/mol. The first-order valence-corrected chi connectivity index (χ1v) is 7.29. The van der Waals surface area contributed by atoms with Crippen molar-refractivity contribution < 1.29 is 4.74 Å². The predicted octanol–water partition coefficient (Wildman–Crippen LogP) is 2.79. The van der Waals surface area contributed by atoms with Gasteiger partial charge < -0.3 is 16.2 Å². The second-order valence-corrected chi connectivity index (χ2v) is 5.37. The van der Waals surface area contributed by atoms with Crippen LogP contribution in [0.5, 0.6) is 0 Å². The Morgan fingerprint density at radius 2 is 2.00 bits per heavy atom. The fourth-order valence-corrected chi connectivity index (χ4v) is 3.14. The highest BCUT2D eigenvalue weighted by Gasteiger charge is 2.39. The molecular formula is C15H25N3O. The average molecular weight is 263 g/mol. The molecule has 0 spiro atoms. The fraction of sp³-hybridized carbons (Fsp3) is 0.667. The van der Waals surface area contributed by atoms with Crippen LogP contribution in [0.4, 0.5) is 5.82 Å². The quantitative estimate of drug-likeness (QED) is 0.819. The Bertz CT molecular complexity index is 400. The van der Waals surface area contributed by atoms with Crippen molar-refractivity contribution in [2.75, 3.05) is 12.3 Å². The van der Waals surface area contributed by atoms with Crippen molar-refractivity contribution in [3.63, 3.8) is 0 Å². The highest BCUT2D eigenvalue weighted by molar-refractivity contribution is 5.42. The molecule has 4 nitrogen and oxygen atoms in total. The average Bonchev–Trinajstić information content (AvgIpc) is 2.66. The summed E-state index contributed by atoms with van der Waals surface area (Å²) in [7, 11) is 0. The third-order valence-electron chi connectivity index (χ3n) is 4.15. The highest BCUT2D eigenvalue weighted by Crippen LogP contribution is 2.40. The molecule has 0 bridgehead atoms. The Morgan fingerprint density at radius 1 is 1.32 bits per heavy atom. The van der Waals surface area contributed by atoms with Crippen molar-refractivity contribution in [2.24, 2.45) is 5.73 Å². The molecular weight excluding hydrogens is 238 g/mol. The molecule has 0 saturated heterocycles. The predicted molar refractivity (Wildman–Crippen MR) is 77.6 cm³/mol. The maximum atomic E-state index is 6.52. The first-order chi connectivity index (χ1) is 9.19. The summed E-state index contributed by atoms with van der Waals surface area (Å²) >= 11 is 0. The van der Waals surface area contributed by atoms with Gasteiger partial charge in [0.15, 0.2) is 0 Å². The van der Waals surface area contributed by atoms with E-state index in [1.165, 1.54) is 25.7 Å². The number of nitrogens with zero attached hydrogens (tertiary/aromatic N) is 1. The minimum Gasteiger partial charge on any atom is -0.383 e. The van der Waals surface area contributed by atoms with Crippen molar-refractivity contribution >= 4 is 5.82 Å². The molecule has 106 valence electrons. The van der Waals surface area contributed by atoms with Gasteiger partial charge in [0.2, 0.25) is 0 Å². The van der Waals surface area contributed by atoms with Crippen LogP contribution in [-0.4, -0.2) is 17.2 Å². The van der Waals surface area contributed by atoms with Crippen LogP contribution in [0.15, 0.2) is 18.3 Å². The van der Waals surface area contributed by atoms with E-state index in [1.54, 1.807) is 6.20 Å². The normalized spacial score (nSPS) is 20.7. The number of hydrogen-bond donors (Lipinski definition) is 2. The van der Waals surface area contributed by atoms with Crippen LogP contribution in [0, 0.1) is 0 Å². The van der Waals surface area contributed by atoms with E-state index in [1.807, 2.05) is 19.1 Å². The molecule has 1 aromatic rings. The molecule has 0 radical (unpaired) electrons. The molecule has 4 N–H and O–H groups in total. The van der Waals surface area contributed by atoms with Crippen LogP contribution < -0.4 is 11.5 Å². The standard InChI is InChI=1S/C15H25N3O/c1-2-19-15(9-5-3-4-6-10-15)13(16)12-8-7-11-18-14(12)17/h7-8,11,13H,2-6,9-10,16H2,1H3,(H2,17,18). The van der Waals surface area contributed by atoms with E-state index in [9.17, 15) is 0 Å². The number of rotatable bonds is 4. The zero-order chi connectivity index (χ0) is 13.7. The van der Waals surface area contributed by atoms with Crippen LogP contribution >= 0.6 is 0 Å².